The van der Waals surface area contributed by atoms with Crippen LogP contribution >= 0.6 is 0 Å². The minimum absolute atomic E-state index is 0.225. The average Bonchev–Trinajstić information content (AvgIpc) is 3.25. The van der Waals surface area contributed by atoms with E-state index in [4.69, 9.17) is 15.6 Å². The molecule has 0 bridgehead atoms. The zero-order valence-electron chi connectivity index (χ0n) is 21.9. The summed E-state index contributed by atoms with van der Waals surface area (Å²) in [4.78, 5) is 35.9. The Kier molecular flexibility index (Phi) is 9.68. The fraction of sp³-hybridized carbons (Fsp3) is 0.207. The lowest BCUT2D eigenvalue weighted by Crippen LogP contribution is -2.22. The Morgan fingerprint density at radius 2 is 1.60 bits per heavy atom. The topological polar surface area (TPSA) is 125 Å². The molecule has 8 nitrogen and oxygen atoms in total. The molecule has 0 saturated heterocycles. The Morgan fingerprint density at radius 3 is 2.17 bits per heavy atom. The zero-order chi connectivity index (χ0) is 29.4. The molecule has 1 aliphatic heterocycles. The first-order valence-corrected chi connectivity index (χ1v) is 12.4. The number of primary amides is 1. The van der Waals surface area contributed by atoms with E-state index < -0.39 is 18.1 Å². The lowest BCUT2D eigenvalue weighted by molar-refractivity contribution is -0.192. The Bertz CT molecular complexity index is 1420. The molecule has 3 aromatic carbocycles. The maximum Gasteiger partial charge on any atom is 0.490 e. The molecule has 2 amide bonds. The molecular weight excluding hydrogens is 525 g/mol. The highest BCUT2D eigenvalue weighted by molar-refractivity contribution is 6.37. The average molecular weight is 555 g/mol. The van der Waals surface area contributed by atoms with Crippen LogP contribution in [-0.2, 0) is 16.1 Å². The molecule has 0 atom stereocenters. The monoisotopic (exact) mass is 554 g/mol. The number of benzene rings is 3. The van der Waals surface area contributed by atoms with Crippen LogP contribution in [0.25, 0.3) is 11.3 Å². The number of nitrogens with two attached hydrogens (primary N) is 1. The van der Waals surface area contributed by atoms with E-state index in [2.05, 4.69) is 41.5 Å². The molecule has 5 N–H and O–H groups in total. The summed E-state index contributed by atoms with van der Waals surface area (Å²) < 4.78 is 31.7. The summed E-state index contributed by atoms with van der Waals surface area (Å²) in [5.41, 5.74) is 11.3. The van der Waals surface area contributed by atoms with Crippen LogP contribution in [0.15, 0.2) is 72.8 Å². The molecule has 1 aliphatic rings. The van der Waals surface area contributed by atoms with Gasteiger partial charge in [0.25, 0.3) is 5.91 Å². The maximum absolute atomic E-state index is 13.1. The number of rotatable bonds is 8. The third-order valence-electron chi connectivity index (χ3n) is 6.10. The molecule has 40 heavy (non-hydrogen) atoms. The van der Waals surface area contributed by atoms with E-state index >= 15 is 0 Å². The number of aliphatic carboxylic acids is 1. The van der Waals surface area contributed by atoms with Crippen LogP contribution in [0.3, 0.4) is 0 Å². The van der Waals surface area contributed by atoms with Crippen molar-refractivity contribution in [3.63, 3.8) is 0 Å². The summed E-state index contributed by atoms with van der Waals surface area (Å²) in [6, 6.07) is 23.1. The number of nitrogens with zero attached hydrogens (tertiary/aromatic N) is 1. The van der Waals surface area contributed by atoms with Gasteiger partial charge in [-0.05, 0) is 48.5 Å². The molecule has 0 fully saturated rings. The van der Waals surface area contributed by atoms with E-state index in [0.717, 1.165) is 36.4 Å². The summed E-state index contributed by atoms with van der Waals surface area (Å²) in [5.74, 6) is -3.51. The van der Waals surface area contributed by atoms with E-state index in [0.29, 0.717) is 22.5 Å². The molecule has 3 aromatic rings. The lowest BCUT2D eigenvalue weighted by atomic mass is 9.99. The minimum atomic E-state index is -5.08. The standard InChI is InChI=1S/C27H28N4O2.C2HF3O2/c1-3-31(4-2)17-18-9-8-12-21(15-18)29-25(19-10-6-5-7-11-19)24-22-14-13-20(26(28)32)16-23(22)30-27(24)33;3-2(4,5)1(6)7/h5-16,29H,3-4,17H2,1-2H3,(H2,28,32)(H,30,33);(H,6,7)/b25-24-;. The highest BCUT2D eigenvalue weighted by atomic mass is 19.4. The number of carbonyl (C=O) groups is 3. The molecule has 210 valence electrons. The Morgan fingerprint density at radius 1 is 0.950 bits per heavy atom. The number of carboxylic acids is 1. The molecule has 0 aliphatic carbocycles. The van der Waals surface area contributed by atoms with Crippen molar-refractivity contribution in [2.75, 3.05) is 23.7 Å². The lowest BCUT2D eigenvalue weighted by Gasteiger charge is -2.19. The fourth-order valence-corrected chi connectivity index (χ4v) is 4.06. The van der Waals surface area contributed by atoms with Crippen molar-refractivity contribution in [2.45, 2.75) is 26.6 Å². The summed E-state index contributed by atoms with van der Waals surface area (Å²) in [5, 5.41) is 13.5. The minimum Gasteiger partial charge on any atom is -0.475 e. The van der Waals surface area contributed by atoms with Gasteiger partial charge in [0.1, 0.15) is 0 Å². The number of amides is 2. The SMILES string of the molecule is CCN(CC)Cc1cccc(N/C(=C2\C(=O)Nc3cc(C(N)=O)ccc32)c2ccccc2)c1.O=C(O)C(F)(F)F. The van der Waals surface area contributed by atoms with Crippen LogP contribution in [0.4, 0.5) is 24.5 Å². The second kappa shape index (κ2) is 12.9. The maximum atomic E-state index is 13.1. The summed E-state index contributed by atoms with van der Waals surface area (Å²) in [6.07, 6.45) is -5.08. The molecule has 0 aromatic heterocycles. The molecule has 11 heteroatoms. The van der Waals surface area contributed by atoms with Gasteiger partial charge in [-0.2, -0.15) is 13.2 Å². The van der Waals surface area contributed by atoms with Crippen LogP contribution in [-0.4, -0.2) is 47.1 Å². The van der Waals surface area contributed by atoms with Crippen molar-refractivity contribution >= 4 is 40.4 Å². The summed E-state index contributed by atoms with van der Waals surface area (Å²) in [7, 11) is 0. The first-order valence-electron chi connectivity index (χ1n) is 12.4. The van der Waals surface area contributed by atoms with Gasteiger partial charge in [0.05, 0.1) is 11.3 Å². The van der Waals surface area contributed by atoms with E-state index in [1.807, 2.05) is 42.5 Å². The van der Waals surface area contributed by atoms with Gasteiger partial charge in [0.15, 0.2) is 0 Å². The van der Waals surface area contributed by atoms with Crippen molar-refractivity contribution in [3.8, 4) is 0 Å². The Labute approximate surface area is 229 Å². The van der Waals surface area contributed by atoms with Crippen LogP contribution < -0.4 is 16.4 Å². The number of anilines is 2. The van der Waals surface area contributed by atoms with Crippen LogP contribution in [0.1, 0.15) is 40.9 Å². The number of hydrogen-bond donors (Lipinski definition) is 4. The van der Waals surface area contributed by atoms with Crippen molar-refractivity contribution < 1.29 is 32.7 Å². The number of nitrogens with one attached hydrogen (secondary N) is 2. The number of hydrogen-bond acceptors (Lipinski definition) is 5. The van der Waals surface area contributed by atoms with E-state index in [1.165, 1.54) is 5.56 Å². The highest BCUT2D eigenvalue weighted by Gasteiger charge is 2.38. The quantitative estimate of drug-likeness (QED) is 0.284. The molecule has 0 unspecified atom stereocenters. The number of alkyl halides is 3. The predicted molar refractivity (Wildman–Crippen MR) is 147 cm³/mol. The van der Waals surface area contributed by atoms with Crippen LogP contribution in [0.5, 0.6) is 0 Å². The Hall–Kier alpha value is -4.64. The van der Waals surface area contributed by atoms with Gasteiger partial charge < -0.3 is 21.5 Å². The second-order valence-electron chi connectivity index (χ2n) is 8.78. The van der Waals surface area contributed by atoms with Gasteiger partial charge >= 0.3 is 12.1 Å². The van der Waals surface area contributed by atoms with E-state index in [1.54, 1.807) is 18.2 Å². The molecular formula is C29H29F3N4O4. The van der Waals surface area contributed by atoms with Crippen LogP contribution in [0, 0.1) is 0 Å². The van der Waals surface area contributed by atoms with Crippen molar-refractivity contribution in [1.82, 2.24) is 4.90 Å². The number of carboxylic acid groups (broad SMARTS) is 1. The first kappa shape index (κ1) is 29.9. The van der Waals surface area contributed by atoms with E-state index in [-0.39, 0.29) is 5.91 Å². The van der Waals surface area contributed by atoms with Gasteiger partial charge in [-0.1, -0.05) is 62.4 Å². The number of fused-ring (bicyclic) bond motifs is 1. The zero-order valence-corrected chi connectivity index (χ0v) is 21.9. The highest BCUT2D eigenvalue weighted by Crippen LogP contribution is 2.38. The second-order valence-corrected chi connectivity index (χ2v) is 8.78. The summed E-state index contributed by atoms with van der Waals surface area (Å²) >= 11 is 0. The third kappa shape index (κ3) is 7.48. The van der Waals surface area contributed by atoms with Gasteiger partial charge in [-0.3, -0.25) is 14.5 Å². The number of halogens is 3. The Balaban J connectivity index is 0.000000559. The van der Waals surface area contributed by atoms with Crippen molar-refractivity contribution in [3.05, 3.63) is 95.1 Å². The molecule has 0 spiro atoms. The molecule has 0 radical (unpaired) electrons. The van der Waals surface area contributed by atoms with Crippen molar-refractivity contribution in [2.24, 2.45) is 5.73 Å². The first-order chi connectivity index (χ1) is 18.9. The molecule has 4 rings (SSSR count). The number of carbonyl (C=O) groups excluding carboxylic acids is 2. The van der Waals surface area contributed by atoms with Crippen molar-refractivity contribution in [1.29, 1.82) is 0 Å². The predicted octanol–water partition coefficient (Wildman–Crippen LogP) is 5.19. The van der Waals surface area contributed by atoms with E-state index in [9.17, 15) is 22.8 Å². The van der Waals surface area contributed by atoms with Gasteiger partial charge in [-0.25, -0.2) is 4.79 Å². The van der Waals surface area contributed by atoms with Gasteiger partial charge in [0.2, 0.25) is 5.91 Å². The van der Waals surface area contributed by atoms with Crippen LogP contribution in [0.2, 0.25) is 0 Å². The van der Waals surface area contributed by atoms with Gasteiger partial charge in [-0.15, -0.1) is 0 Å². The third-order valence-corrected chi connectivity index (χ3v) is 6.10. The van der Waals surface area contributed by atoms with Gasteiger partial charge in [0, 0.05) is 29.0 Å². The molecule has 0 saturated carbocycles. The largest absolute Gasteiger partial charge is 0.490 e. The summed E-state index contributed by atoms with van der Waals surface area (Å²) in [6.45, 7) is 7.14. The fourth-order valence-electron chi connectivity index (χ4n) is 4.06. The normalized spacial score (nSPS) is 13.6. The smallest absolute Gasteiger partial charge is 0.475 e. The molecule has 1 heterocycles.